The Morgan fingerprint density at radius 3 is 3.10 bits per heavy atom. The zero-order valence-corrected chi connectivity index (χ0v) is 11.9. The van der Waals surface area contributed by atoms with Crippen molar-refractivity contribution in [2.24, 2.45) is 0 Å². The van der Waals surface area contributed by atoms with Gasteiger partial charge in [0, 0.05) is 12.7 Å². The number of thiophene rings is 1. The van der Waals surface area contributed by atoms with E-state index >= 15 is 0 Å². The highest BCUT2D eigenvalue weighted by Crippen LogP contribution is 2.14. The topological polar surface area (TPSA) is 67.2 Å². The zero-order chi connectivity index (χ0) is 14.4. The minimum atomic E-state index is -0.178. The first-order valence-electron chi connectivity index (χ1n) is 6.16. The van der Waals surface area contributed by atoms with E-state index in [-0.39, 0.29) is 12.5 Å². The number of hydrogen-bond acceptors (Lipinski definition) is 4. The van der Waals surface area contributed by atoms with Gasteiger partial charge in [-0.2, -0.15) is 5.10 Å². The molecule has 0 fully saturated rings. The van der Waals surface area contributed by atoms with Gasteiger partial charge in [-0.25, -0.2) is 0 Å². The summed E-state index contributed by atoms with van der Waals surface area (Å²) >= 11 is 1.31. The van der Waals surface area contributed by atoms with Crippen LogP contribution >= 0.6 is 11.3 Å². The van der Waals surface area contributed by atoms with E-state index in [2.05, 4.69) is 22.3 Å². The summed E-state index contributed by atoms with van der Waals surface area (Å²) in [6, 6.07) is 3.51. The monoisotopic (exact) mass is 289 g/mol. The molecule has 0 aliphatic rings. The second-order valence-electron chi connectivity index (χ2n) is 4.16. The fraction of sp³-hybridized carbons (Fsp3) is 0.286. The number of hydrogen-bond donors (Lipinski definition) is 2. The molecule has 2 aromatic rings. The van der Waals surface area contributed by atoms with Gasteiger partial charge in [0.1, 0.15) is 6.61 Å². The lowest BCUT2D eigenvalue weighted by molar-refractivity contribution is 0.0956. The van der Waals surface area contributed by atoms with Gasteiger partial charge in [0.05, 0.1) is 22.5 Å². The predicted molar refractivity (Wildman–Crippen MR) is 77.6 cm³/mol. The summed E-state index contributed by atoms with van der Waals surface area (Å²) in [4.78, 5) is 13.3. The fourth-order valence-electron chi connectivity index (χ4n) is 1.61. The number of carbonyl (C=O) groups is 1. The second kappa shape index (κ2) is 6.89. The predicted octanol–water partition coefficient (Wildman–Crippen LogP) is 1.03. The summed E-state index contributed by atoms with van der Waals surface area (Å²) < 4.78 is 1.79. The molecule has 0 atom stereocenters. The normalized spacial score (nSPS) is 9.90. The van der Waals surface area contributed by atoms with Crippen molar-refractivity contribution >= 4 is 17.2 Å². The van der Waals surface area contributed by atoms with Crippen LogP contribution in [-0.4, -0.2) is 33.9 Å². The Kier molecular flexibility index (Phi) is 4.93. The standard InChI is InChI=1S/C14H15N3O2S/c1-11-9-16-17(10-11)7-6-15-14(19)13-5-4-12(20-13)3-2-8-18/h4-5,9-10,18H,6-8H2,1H3,(H,15,19). The van der Waals surface area contributed by atoms with E-state index in [1.54, 1.807) is 23.0 Å². The molecule has 6 heteroatoms. The van der Waals surface area contributed by atoms with Crippen LogP contribution in [0.3, 0.4) is 0 Å². The Labute approximate surface area is 121 Å². The molecule has 0 aliphatic carbocycles. The Morgan fingerprint density at radius 2 is 2.40 bits per heavy atom. The van der Waals surface area contributed by atoms with Gasteiger partial charge in [-0.3, -0.25) is 9.48 Å². The molecule has 0 unspecified atom stereocenters. The molecule has 1 amide bonds. The summed E-state index contributed by atoms with van der Waals surface area (Å²) in [7, 11) is 0. The Bertz CT molecular complexity index is 649. The molecule has 2 N–H and O–H groups in total. The first-order valence-corrected chi connectivity index (χ1v) is 6.97. The Morgan fingerprint density at radius 1 is 1.55 bits per heavy atom. The molecule has 0 saturated heterocycles. The quantitative estimate of drug-likeness (QED) is 0.826. The maximum Gasteiger partial charge on any atom is 0.261 e. The molecule has 0 spiro atoms. The number of rotatable bonds is 4. The first-order chi connectivity index (χ1) is 9.69. The number of amides is 1. The van der Waals surface area contributed by atoms with Crippen molar-refractivity contribution in [3.05, 3.63) is 39.8 Å². The lowest BCUT2D eigenvalue weighted by Crippen LogP contribution is -2.26. The number of aliphatic hydroxyl groups excluding tert-OH is 1. The van der Waals surface area contributed by atoms with Gasteiger partial charge in [-0.05, 0) is 24.6 Å². The zero-order valence-electron chi connectivity index (χ0n) is 11.1. The lowest BCUT2D eigenvalue weighted by Gasteiger charge is -2.03. The smallest absolute Gasteiger partial charge is 0.261 e. The van der Waals surface area contributed by atoms with Crippen molar-refractivity contribution in [3.8, 4) is 11.8 Å². The van der Waals surface area contributed by atoms with Gasteiger partial charge in [-0.1, -0.05) is 11.8 Å². The Hall–Kier alpha value is -2.10. The van der Waals surface area contributed by atoms with Crippen LogP contribution < -0.4 is 5.32 Å². The average Bonchev–Trinajstić information content (AvgIpc) is 3.05. The number of aryl methyl sites for hydroxylation is 1. The molecule has 0 aromatic carbocycles. The highest BCUT2D eigenvalue weighted by Gasteiger charge is 2.07. The fourth-order valence-corrected chi connectivity index (χ4v) is 2.41. The van der Waals surface area contributed by atoms with Gasteiger partial charge in [0.25, 0.3) is 5.91 Å². The molecule has 2 aromatic heterocycles. The van der Waals surface area contributed by atoms with Crippen molar-refractivity contribution in [1.82, 2.24) is 15.1 Å². The lowest BCUT2D eigenvalue weighted by atomic mass is 10.4. The van der Waals surface area contributed by atoms with Gasteiger partial charge >= 0.3 is 0 Å². The number of nitrogens with one attached hydrogen (secondary N) is 1. The first kappa shape index (κ1) is 14.3. The van der Waals surface area contributed by atoms with E-state index in [9.17, 15) is 4.79 Å². The summed E-state index contributed by atoms with van der Waals surface area (Å²) in [6.45, 7) is 2.96. The molecular formula is C14H15N3O2S. The molecule has 20 heavy (non-hydrogen) atoms. The van der Waals surface area contributed by atoms with Crippen LogP contribution in [0.4, 0.5) is 0 Å². The van der Waals surface area contributed by atoms with Crippen LogP contribution in [0.15, 0.2) is 24.5 Å². The molecule has 0 aliphatic heterocycles. The van der Waals surface area contributed by atoms with E-state index < -0.39 is 0 Å². The minimum absolute atomic E-state index is 0.115. The molecule has 0 saturated carbocycles. The largest absolute Gasteiger partial charge is 0.384 e. The van der Waals surface area contributed by atoms with E-state index in [0.29, 0.717) is 18.0 Å². The van der Waals surface area contributed by atoms with E-state index in [4.69, 9.17) is 5.11 Å². The molecule has 104 valence electrons. The third kappa shape index (κ3) is 3.95. The maximum absolute atomic E-state index is 11.9. The van der Waals surface area contributed by atoms with Crippen LogP contribution in [0.2, 0.25) is 0 Å². The van der Waals surface area contributed by atoms with Crippen molar-refractivity contribution in [1.29, 1.82) is 0 Å². The highest BCUT2D eigenvalue weighted by atomic mass is 32.1. The van der Waals surface area contributed by atoms with E-state index in [0.717, 1.165) is 10.4 Å². The number of carbonyl (C=O) groups excluding carboxylic acids is 1. The van der Waals surface area contributed by atoms with Crippen molar-refractivity contribution in [3.63, 3.8) is 0 Å². The Balaban J connectivity index is 1.84. The van der Waals surface area contributed by atoms with Gasteiger partial charge in [0.2, 0.25) is 0 Å². The van der Waals surface area contributed by atoms with Gasteiger partial charge < -0.3 is 10.4 Å². The van der Waals surface area contributed by atoms with Crippen LogP contribution in [0.25, 0.3) is 0 Å². The third-order valence-corrected chi connectivity index (χ3v) is 3.51. The molecule has 5 nitrogen and oxygen atoms in total. The molecule has 0 bridgehead atoms. The third-order valence-electron chi connectivity index (χ3n) is 2.51. The van der Waals surface area contributed by atoms with Crippen LogP contribution in [-0.2, 0) is 6.54 Å². The van der Waals surface area contributed by atoms with Crippen molar-refractivity contribution in [2.75, 3.05) is 13.2 Å². The van der Waals surface area contributed by atoms with Crippen LogP contribution in [0.1, 0.15) is 20.1 Å². The average molecular weight is 289 g/mol. The number of nitrogens with zero attached hydrogens (tertiary/aromatic N) is 2. The summed E-state index contributed by atoms with van der Waals surface area (Å²) in [6.07, 6.45) is 3.72. The number of aliphatic hydroxyl groups is 1. The van der Waals surface area contributed by atoms with Crippen molar-refractivity contribution in [2.45, 2.75) is 13.5 Å². The summed E-state index contributed by atoms with van der Waals surface area (Å²) in [5.74, 6) is 5.22. The molecular weight excluding hydrogens is 274 g/mol. The van der Waals surface area contributed by atoms with Crippen molar-refractivity contribution < 1.29 is 9.90 Å². The van der Waals surface area contributed by atoms with Gasteiger partial charge in [0.15, 0.2) is 0 Å². The SMILES string of the molecule is Cc1cnn(CCNC(=O)c2ccc(C#CCO)s2)c1. The summed E-state index contributed by atoms with van der Waals surface area (Å²) in [5, 5.41) is 15.6. The number of aromatic nitrogens is 2. The minimum Gasteiger partial charge on any atom is -0.384 e. The second-order valence-corrected chi connectivity index (χ2v) is 5.24. The summed E-state index contributed by atoms with van der Waals surface area (Å²) in [5.41, 5.74) is 1.10. The maximum atomic E-state index is 11.9. The van der Waals surface area contributed by atoms with Gasteiger partial charge in [-0.15, -0.1) is 11.3 Å². The van der Waals surface area contributed by atoms with E-state index in [1.807, 2.05) is 13.1 Å². The van der Waals surface area contributed by atoms with Crippen LogP contribution in [0, 0.1) is 18.8 Å². The highest BCUT2D eigenvalue weighted by molar-refractivity contribution is 7.14. The molecule has 0 radical (unpaired) electrons. The molecule has 2 heterocycles. The van der Waals surface area contributed by atoms with Crippen LogP contribution in [0.5, 0.6) is 0 Å². The molecule has 2 rings (SSSR count). The van der Waals surface area contributed by atoms with E-state index in [1.165, 1.54) is 11.3 Å².